The summed E-state index contributed by atoms with van der Waals surface area (Å²) in [5.41, 5.74) is 2.19. The van der Waals surface area contributed by atoms with Crippen molar-refractivity contribution in [2.75, 3.05) is 5.32 Å². The predicted octanol–water partition coefficient (Wildman–Crippen LogP) is 5.42. The number of rotatable bonds is 6. The number of anilines is 2. The molecule has 0 unspecified atom stereocenters. The van der Waals surface area contributed by atoms with Gasteiger partial charge in [0, 0.05) is 40.1 Å². The molecule has 0 aliphatic carbocycles. The summed E-state index contributed by atoms with van der Waals surface area (Å²) in [5, 5.41) is 6.05. The fourth-order valence-electron chi connectivity index (χ4n) is 2.88. The summed E-state index contributed by atoms with van der Waals surface area (Å²) in [7, 11) is 0. The standard InChI is InChI=1S/C22H16ClN3O2/c23-16-5-7-17(8-6-16)26-22-21-4-2-1-3-20(21)15(12-25-22)14-28-19-9-10-24-18(11-19)13-27/h1-13H,14H2,(H,25,26). The molecule has 1 N–H and O–H groups in total. The maximum Gasteiger partial charge on any atom is 0.168 e. The van der Waals surface area contributed by atoms with Crippen molar-refractivity contribution in [1.29, 1.82) is 0 Å². The van der Waals surface area contributed by atoms with Crippen molar-refractivity contribution < 1.29 is 9.53 Å². The lowest BCUT2D eigenvalue weighted by atomic mass is 10.1. The highest BCUT2D eigenvalue weighted by Gasteiger charge is 2.09. The Balaban J connectivity index is 1.61. The Bertz CT molecular complexity index is 1130. The van der Waals surface area contributed by atoms with Gasteiger partial charge in [0.1, 0.15) is 23.9 Å². The van der Waals surface area contributed by atoms with E-state index in [2.05, 4.69) is 15.3 Å². The van der Waals surface area contributed by atoms with Crippen molar-refractivity contribution in [3.63, 3.8) is 0 Å². The number of hydrogen-bond donors (Lipinski definition) is 1. The average Bonchev–Trinajstić information content (AvgIpc) is 2.75. The number of fused-ring (bicyclic) bond motifs is 1. The van der Waals surface area contributed by atoms with Crippen molar-refractivity contribution in [3.8, 4) is 5.75 Å². The van der Waals surface area contributed by atoms with E-state index in [1.54, 1.807) is 24.5 Å². The van der Waals surface area contributed by atoms with Gasteiger partial charge < -0.3 is 10.1 Å². The van der Waals surface area contributed by atoms with Gasteiger partial charge in [0.2, 0.25) is 0 Å². The molecule has 0 saturated carbocycles. The molecule has 0 radical (unpaired) electrons. The zero-order valence-corrected chi connectivity index (χ0v) is 15.6. The van der Waals surface area contributed by atoms with Crippen molar-refractivity contribution in [2.24, 2.45) is 0 Å². The number of carbonyl (C=O) groups is 1. The van der Waals surface area contributed by atoms with E-state index < -0.39 is 0 Å². The van der Waals surface area contributed by atoms with Gasteiger partial charge in [0.15, 0.2) is 6.29 Å². The van der Waals surface area contributed by atoms with Gasteiger partial charge >= 0.3 is 0 Å². The third-order valence-electron chi connectivity index (χ3n) is 4.25. The second-order valence-electron chi connectivity index (χ2n) is 6.13. The number of halogens is 1. The van der Waals surface area contributed by atoms with Gasteiger partial charge in [0.05, 0.1) is 0 Å². The lowest BCUT2D eigenvalue weighted by molar-refractivity contribution is 0.111. The third kappa shape index (κ3) is 3.94. The first-order valence-electron chi connectivity index (χ1n) is 8.66. The van der Waals surface area contributed by atoms with E-state index in [9.17, 15) is 4.79 Å². The Labute approximate surface area is 167 Å². The SMILES string of the molecule is O=Cc1cc(OCc2cnc(Nc3ccc(Cl)cc3)c3ccccc23)ccn1. The number of aldehydes is 1. The van der Waals surface area contributed by atoms with Crippen LogP contribution in [0.15, 0.2) is 73.1 Å². The Morgan fingerprint density at radius 2 is 1.79 bits per heavy atom. The highest BCUT2D eigenvalue weighted by Crippen LogP contribution is 2.28. The van der Waals surface area contributed by atoms with Crippen LogP contribution in [0.25, 0.3) is 10.8 Å². The van der Waals surface area contributed by atoms with E-state index in [1.165, 1.54) is 0 Å². The molecule has 6 heteroatoms. The molecule has 138 valence electrons. The number of hydrogen-bond acceptors (Lipinski definition) is 5. The second kappa shape index (κ2) is 8.06. The second-order valence-corrected chi connectivity index (χ2v) is 6.57. The van der Waals surface area contributed by atoms with Crippen molar-refractivity contribution in [2.45, 2.75) is 6.61 Å². The van der Waals surface area contributed by atoms with E-state index in [-0.39, 0.29) is 0 Å². The van der Waals surface area contributed by atoms with Crippen molar-refractivity contribution in [3.05, 3.63) is 89.3 Å². The molecule has 0 amide bonds. The van der Waals surface area contributed by atoms with Crippen LogP contribution in [0.5, 0.6) is 5.75 Å². The fraction of sp³-hybridized carbons (Fsp3) is 0.0455. The van der Waals surface area contributed by atoms with Crippen LogP contribution >= 0.6 is 11.6 Å². The van der Waals surface area contributed by atoms with Gasteiger partial charge in [-0.1, -0.05) is 35.9 Å². The van der Waals surface area contributed by atoms with Crippen LogP contribution in [-0.4, -0.2) is 16.3 Å². The molecule has 0 fully saturated rings. The Morgan fingerprint density at radius 1 is 1.00 bits per heavy atom. The molecule has 0 saturated heterocycles. The van der Waals surface area contributed by atoms with Gasteiger partial charge in [-0.15, -0.1) is 0 Å². The molecular formula is C22H16ClN3O2. The van der Waals surface area contributed by atoms with Crippen LogP contribution in [0.1, 0.15) is 16.1 Å². The Hall–Kier alpha value is -3.44. The van der Waals surface area contributed by atoms with Crippen LogP contribution in [0.2, 0.25) is 5.02 Å². The van der Waals surface area contributed by atoms with Crippen LogP contribution in [0.4, 0.5) is 11.5 Å². The monoisotopic (exact) mass is 389 g/mol. The lowest BCUT2D eigenvalue weighted by Crippen LogP contribution is -2.01. The number of ether oxygens (including phenoxy) is 1. The van der Waals surface area contributed by atoms with Crippen LogP contribution in [0.3, 0.4) is 0 Å². The zero-order valence-electron chi connectivity index (χ0n) is 14.8. The summed E-state index contributed by atoms with van der Waals surface area (Å²) >= 11 is 5.95. The summed E-state index contributed by atoms with van der Waals surface area (Å²) < 4.78 is 5.84. The molecule has 0 bridgehead atoms. The van der Waals surface area contributed by atoms with E-state index in [0.717, 1.165) is 27.8 Å². The summed E-state index contributed by atoms with van der Waals surface area (Å²) in [5.74, 6) is 1.35. The summed E-state index contributed by atoms with van der Waals surface area (Å²) in [6, 6.07) is 18.8. The Morgan fingerprint density at radius 3 is 2.57 bits per heavy atom. The number of benzene rings is 2. The molecule has 4 rings (SSSR count). The highest BCUT2D eigenvalue weighted by atomic mass is 35.5. The van der Waals surface area contributed by atoms with Gasteiger partial charge in [-0.25, -0.2) is 4.98 Å². The molecule has 2 heterocycles. The maximum absolute atomic E-state index is 10.9. The number of carbonyl (C=O) groups excluding carboxylic acids is 1. The van der Waals surface area contributed by atoms with Crippen molar-refractivity contribution in [1.82, 2.24) is 9.97 Å². The zero-order chi connectivity index (χ0) is 19.3. The largest absolute Gasteiger partial charge is 0.489 e. The first-order valence-corrected chi connectivity index (χ1v) is 9.04. The smallest absolute Gasteiger partial charge is 0.168 e. The minimum atomic E-state index is 0.330. The Kier molecular flexibility index (Phi) is 5.17. The molecular weight excluding hydrogens is 374 g/mol. The van der Waals surface area contributed by atoms with Gasteiger partial charge in [-0.3, -0.25) is 9.78 Å². The van der Waals surface area contributed by atoms with E-state index in [4.69, 9.17) is 16.3 Å². The summed E-state index contributed by atoms with van der Waals surface area (Å²) in [4.78, 5) is 19.4. The number of aromatic nitrogens is 2. The number of pyridine rings is 2. The summed E-state index contributed by atoms with van der Waals surface area (Å²) in [6.45, 7) is 0.330. The molecule has 2 aromatic heterocycles. The van der Waals surface area contributed by atoms with Crippen LogP contribution in [0, 0.1) is 0 Å². The van der Waals surface area contributed by atoms with E-state index in [1.807, 2.05) is 48.5 Å². The van der Waals surface area contributed by atoms with E-state index >= 15 is 0 Å². The molecule has 0 aliphatic rings. The quantitative estimate of drug-likeness (QED) is 0.446. The molecule has 0 atom stereocenters. The topological polar surface area (TPSA) is 64.1 Å². The third-order valence-corrected chi connectivity index (χ3v) is 4.50. The molecule has 2 aromatic carbocycles. The van der Waals surface area contributed by atoms with E-state index in [0.29, 0.717) is 29.4 Å². The van der Waals surface area contributed by atoms with Crippen LogP contribution < -0.4 is 10.1 Å². The lowest BCUT2D eigenvalue weighted by Gasteiger charge is -2.13. The fourth-order valence-corrected chi connectivity index (χ4v) is 3.00. The van der Waals surface area contributed by atoms with Crippen molar-refractivity contribution >= 4 is 40.2 Å². The molecule has 4 aromatic rings. The first kappa shape index (κ1) is 17.9. The molecule has 28 heavy (non-hydrogen) atoms. The predicted molar refractivity (Wildman–Crippen MR) is 110 cm³/mol. The minimum Gasteiger partial charge on any atom is -0.489 e. The van der Waals surface area contributed by atoms with Gasteiger partial charge in [-0.05, 0) is 35.7 Å². The normalized spacial score (nSPS) is 10.6. The average molecular weight is 390 g/mol. The van der Waals surface area contributed by atoms with Crippen LogP contribution in [-0.2, 0) is 6.61 Å². The number of nitrogens with one attached hydrogen (secondary N) is 1. The molecule has 0 aliphatic heterocycles. The summed E-state index contributed by atoms with van der Waals surface area (Å²) in [6.07, 6.45) is 4.04. The minimum absolute atomic E-state index is 0.330. The van der Waals surface area contributed by atoms with Gasteiger partial charge in [-0.2, -0.15) is 0 Å². The molecule has 5 nitrogen and oxygen atoms in total. The first-order chi connectivity index (χ1) is 13.7. The maximum atomic E-state index is 10.9. The van der Waals surface area contributed by atoms with Gasteiger partial charge in [0.25, 0.3) is 0 Å². The number of nitrogens with zero attached hydrogens (tertiary/aromatic N) is 2. The molecule has 0 spiro atoms. The highest BCUT2D eigenvalue weighted by molar-refractivity contribution is 6.30.